The second-order valence-corrected chi connectivity index (χ2v) is 6.67. The molecule has 0 fully saturated rings. The van der Waals surface area contributed by atoms with Gasteiger partial charge >= 0.3 is 0 Å². The van der Waals surface area contributed by atoms with Gasteiger partial charge < -0.3 is 15.0 Å². The van der Waals surface area contributed by atoms with Crippen LogP contribution in [0.4, 0.5) is 5.69 Å². The molecule has 6 heteroatoms. The molecule has 0 aliphatic rings. The molecule has 2 aromatic rings. The van der Waals surface area contributed by atoms with Crippen LogP contribution in [0.1, 0.15) is 11.1 Å². The Morgan fingerprint density at radius 2 is 1.84 bits per heavy atom. The number of benzene rings is 2. The van der Waals surface area contributed by atoms with E-state index in [9.17, 15) is 9.59 Å². The highest BCUT2D eigenvalue weighted by molar-refractivity contribution is 9.10. The Kier molecular flexibility index (Phi) is 6.58. The SMILES string of the molecule is Cc1ccc(OCC(=O)N(C)CC(=O)Nc2ccccc2Br)cc1C. The van der Waals surface area contributed by atoms with Gasteiger partial charge in [0.1, 0.15) is 5.75 Å². The van der Waals surface area contributed by atoms with Crippen molar-refractivity contribution in [1.82, 2.24) is 4.90 Å². The Morgan fingerprint density at radius 1 is 1.12 bits per heavy atom. The summed E-state index contributed by atoms with van der Waals surface area (Å²) in [6, 6.07) is 13.0. The third-order valence-electron chi connectivity index (χ3n) is 3.80. The molecule has 2 rings (SSSR count). The van der Waals surface area contributed by atoms with Crippen LogP contribution in [0.15, 0.2) is 46.9 Å². The van der Waals surface area contributed by atoms with E-state index in [4.69, 9.17) is 4.74 Å². The van der Waals surface area contributed by atoms with E-state index in [-0.39, 0.29) is 25.0 Å². The monoisotopic (exact) mass is 404 g/mol. The maximum absolute atomic E-state index is 12.1. The number of para-hydroxylation sites is 1. The lowest BCUT2D eigenvalue weighted by Crippen LogP contribution is -2.37. The van der Waals surface area contributed by atoms with Crippen molar-refractivity contribution in [2.45, 2.75) is 13.8 Å². The normalized spacial score (nSPS) is 10.2. The van der Waals surface area contributed by atoms with Crippen LogP contribution >= 0.6 is 15.9 Å². The Hall–Kier alpha value is -2.34. The largest absolute Gasteiger partial charge is 0.484 e. The zero-order valence-electron chi connectivity index (χ0n) is 14.5. The number of carbonyl (C=O) groups excluding carboxylic acids is 2. The van der Waals surface area contributed by atoms with Gasteiger partial charge in [-0.05, 0) is 65.2 Å². The van der Waals surface area contributed by atoms with Crippen molar-refractivity contribution >= 4 is 33.4 Å². The Balaban J connectivity index is 1.84. The van der Waals surface area contributed by atoms with Crippen molar-refractivity contribution in [3.8, 4) is 5.75 Å². The summed E-state index contributed by atoms with van der Waals surface area (Å²) < 4.78 is 6.30. The first kappa shape index (κ1) is 19.0. The number of nitrogens with one attached hydrogen (secondary N) is 1. The third kappa shape index (κ3) is 5.60. The predicted octanol–water partition coefficient (Wildman–Crippen LogP) is 3.54. The van der Waals surface area contributed by atoms with E-state index < -0.39 is 0 Å². The molecule has 0 aliphatic carbocycles. The highest BCUT2D eigenvalue weighted by Crippen LogP contribution is 2.21. The molecular formula is C19H21BrN2O3. The van der Waals surface area contributed by atoms with Gasteiger partial charge in [0.2, 0.25) is 5.91 Å². The summed E-state index contributed by atoms with van der Waals surface area (Å²) in [7, 11) is 1.58. The van der Waals surface area contributed by atoms with Crippen molar-refractivity contribution in [3.05, 3.63) is 58.1 Å². The summed E-state index contributed by atoms with van der Waals surface area (Å²) >= 11 is 3.37. The number of hydrogen-bond acceptors (Lipinski definition) is 3. The van der Waals surface area contributed by atoms with E-state index in [1.165, 1.54) is 10.5 Å². The molecular weight excluding hydrogens is 384 g/mol. The number of nitrogens with zero attached hydrogens (tertiary/aromatic N) is 1. The summed E-state index contributed by atoms with van der Waals surface area (Å²) in [5.41, 5.74) is 2.94. The second kappa shape index (κ2) is 8.67. The van der Waals surface area contributed by atoms with Crippen LogP contribution in [0.2, 0.25) is 0 Å². The minimum absolute atomic E-state index is 0.0452. The molecule has 0 saturated carbocycles. The Labute approximate surface area is 156 Å². The lowest BCUT2D eigenvalue weighted by Gasteiger charge is -2.17. The first-order valence-corrected chi connectivity index (χ1v) is 8.64. The molecule has 132 valence electrons. The molecule has 2 amide bonds. The number of hydrogen-bond donors (Lipinski definition) is 1. The van der Waals surface area contributed by atoms with E-state index in [1.54, 1.807) is 13.1 Å². The van der Waals surface area contributed by atoms with Crippen molar-refractivity contribution in [2.75, 3.05) is 25.5 Å². The molecule has 0 atom stereocenters. The lowest BCUT2D eigenvalue weighted by atomic mass is 10.1. The minimum atomic E-state index is -0.270. The summed E-state index contributed by atoms with van der Waals surface area (Å²) in [5.74, 6) is 0.108. The highest BCUT2D eigenvalue weighted by atomic mass is 79.9. The van der Waals surface area contributed by atoms with Gasteiger partial charge in [0.15, 0.2) is 6.61 Å². The maximum atomic E-state index is 12.1. The first-order valence-electron chi connectivity index (χ1n) is 7.85. The molecule has 0 heterocycles. The first-order chi connectivity index (χ1) is 11.9. The summed E-state index contributed by atoms with van der Waals surface area (Å²) in [6.45, 7) is 3.85. The van der Waals surface area contributed by atoms with Crippen molar-refractivity contribution in [3.63, 3.8) is 0 Å². The molecule has 2 aromatic carbocycles. The fourth-order valence-electron chi connectivity index (χ4n) is 2.11. The fourth-order valence-corrected chi connectivity index (χ4v) is 2.50. The Morgan fingerprint density at radius 3 is 2.52 bits per heavy atom. The molecule has 0 aromatic heterocycles. The van der Waals surface area contributed by atoms with E-state index in [0.29, 0.717) is 11.4 Å². The van der Waals surface area contributed by atoms with Crippen LogP contribution in [0.25, 0.3) is 0 Å². The molecule has 0 saturated heterocycles. The molecule has 0 unspecified atom stereocenters. The number of carbonyl (C=O) groups is 2. The number of aryl methyl sites for hydroxylation is 2. The van der Waals surface area contributed by atoms with Crippen LogP contribution in [-0.2, 0) is 9.59 Å². The minimum Gasteiger partial charge on any atom is -0.484 e. The number of amides is 2. The summed E-state index contributed by atoms with van der Waals surface area (Å²) in [6.07, 6.45) is 0. The van der Waals surface area contributed by atoms with Crippen molar-refractivity contribution in [2.24, 2.45) is 0 Å². The van der Waals surface area contributed by atoms with Gasteiger partial charge in [0, 0.05) is 11.5 Å². The lowest BCUT2D eigenvalue weighted by molar-refractivity contribution is -0.135. The average Bonchev–Trinajstić information content (AvgIpc) is 2.57. The number of ether oxygens (including phenoxy) is 1. The zero-order valence-corrected chi connectivity index (χ0v) is 16.1. The van der Waals surface area contributed by atoms with E-state index in [0.717, 1.165) is 10.0 Å². The van der Waals surface area contributed by atoms with Gasteiger partial charge in [0.05, 0.1) is 12.2 Å². The van der Waals surface area contributed by atoms with E-state index >= 15 is 0 Å². The van der Waals surface area contributed by atoms with E-state index in [1.807, 2.05) is 50.2 Å². The maximum Gasteiger partial charge on any atom is 0.260 e. The van der Waals surface area contributed by atoms with Crippen LogP contribution in [0, 0.1) is 13.8 Å². The topological polar surface area (TPSA) is 58.6 Å². The summed E-state index contributed by atoms with van der Waals surface area (Å²) in [4.78, 5) is 25.5. The number of rotatable bonds is 6. The van der Waals surface area contributed by atoms with Crippen molar-refractivity contribution < 1.29 is 14.3 Å². The molecule has 0 radical (unpaired) electrons. The predicted molar refractivity (Wildman–Crippen MR) is 102 cm³/mol. The van der Waals surface area contributed by atoms with Crippen LogP contribution < -0.4 is 10.1 Å². The molecule has 25 heavy (non-hydrogen) atoms. The van der Waals surface area contributed by atoms with Crippen LogP contribution in [0.5, 0.6) is 5.75 Å². The molecule has 0 bridgehead atoms. The van der Waals surface area contributed by atoms with Crippen LogP contribution in [0.3, 0.4) is 0 Å². The smallest absolute Gasteiger partial charge is 0.260 e. The third-order valence-corrected chi connectivity index (χ3v) is 4.49. The number of likely N-dealkylation sites (N-methyl/N-ethyl adjacent to an activating group) is 1. The highest BCUT2D eigenvalue weighted by Gasteiger charge is 2.14. The van der Waals surface area contributed by atoms with Gasteiger partial charge in [-0.2, -0.15) is 0 Å². The van der Waals surface area contributed by atoms with Gasteiger partial charge in [-0.15, -0.1) is 0 Å². The van der Waals surface area contributed by atoms with E-state index in [2.05, 4.69) is 21.2 Å². The number of anilines is 1. The van der Waals surface area contributed by atoms with Gasteiger partial charge in [-0.3, -0.25) is 9.59 Å². The molecule has 0 spiro atoms. The van der Waals surface area contributed by atoms with Gasteiger partial charge in [-0.1, -0.05) is 18.2 Å². The molecule has 5 nitrogen and oxygen atoms in total. The van der Waals surface area contributed by atoms with Gasteiger partial charge in [0.25, 0.3) is 5.91 Å². The fraction of sp³-hybridized carbons (Fsp3) is 0.263. The van der Waals surface area contributed by atoms with Gasteiger partial charge in [-0.25, -0.2) is 0 Å². The summed E-state index contributed by atoms with van der Waals surface area (Å²) in [5, 5.41) is 2.76. The average molecular weight is 405 g/mol. The molecule has 0 aliphatic heterocycles. The van der Waals surface area contributed by atoms with Crippen molar-refractivity contribution in [1.29, 1.82) is 0 Å². The second-order valence-electron chi connectivity index (χ2n) is 5.81. The Bertz CT molecular complexity index is 777. The standard InChI is InChI=1S/C19H21BrN2O3/c1-13-8-9-15(10-14(13)2)25-12-19(24)22(3)11-18(23)21-17-7-5-4-6-16(17)20/h4-10H,11-12H2,1-3H3,(H,21,23). The quantitative estimate of drug-likeness (QED) is 0.800. The zero-order chi connectivity index (χ0) is 18.4. The molecule has 1 N–H and O–H groups in total. The number of halogens is 1. The van der Waals surface area contributed by atoms with Crippen LogP contribution in [-0.4, -0.2) is 36.9 Å².